The predicted molar refractivity (Wildman–Crippen MR) is 42.1 cm³/mol. The van der Waals surface area contributed by atoms with Gasteiger partial charge in [-0.2, -0.15) is 0 Å². The summed E-state index contributed by atoms with van der Waals surface area (Å²) in [4.78, 5) is 0. The summed E-state index contributed by atoms with van der Waals surface area (Å²) in [7, 11) is 0. The van der Waals surface area contributed by atoms with E-state index in [1.165, 1.54) is 0 Å². The Morgan fingerprint density at radius 1 is 1.40 bits per heavy atom. The number of hydrogen-bond acceptors (Lipinski definition) is 2. The second-order valence-electron chi connectivity index (χ2n) is 3.13. The molecule has 1 fully saturated rings. The molecule has 2 heteroatoms. The van der Waals surface area contributed by atoms with Gasteiger partial charge in [-0.3, -0.25) is 0 Å². The van der Waals surface area contributed by atoms with Crippen molar-refractivity contribution in [3.63, 3.8) is 0 Å². The van der Waals surface area contributed by atoms with Crippen LogP contribution >= 0.6 is 0 Å². The standard InChI is InChI=1S/C8H17NO/c1-3-10-8(2)4-6-9-7-5-8/h9H,3-7H2,1-2H3. The van der Waals surface area contributed by atoms with E-state index in [1.54, 1.807) is 0 Å². The van der Waals surface area contributed by atoms with Gasteiger partial charge in [-0.1, -0.05) is 0 Å². The Hall–Kier alpha value is -0.0800. The lowest BCUT2D eigenvalue weighted by Crippen LogP contribution is -2.41. The van der Waals surface area contributed by atoms with Gasteiger partial charge in [0.25, 0.3) is 0 Å². The normalized spacial score (nSPS) is 24.6. The third-order valence-corrected chi connectivity index (χ3v) is 2.15. The molecule has 0 aliphatic carbocycles. The summed E-state index contributed by atoms with van der Waals surface area (Å²) in [5.41, 5.74) is 0.167. The average Bonchev–Trinajstić information content (AvgIpc) is 1.89. The van der Waals surface area contributed by atoms with Gasteiger partial charge in [-0.15, -0.1) is 0 Å². The Balaban J connectivity index is 2.32. The number of rotatable bonds is 2. The van der Waals surface area contributed by atoms with Gasteiger partial charge in [-0.05, 0) is 39.8 Å². The lowest BCUT2D eigenvalue weighted by atomic mass is 9.95. The lowest BCUT2D eigenvalue weighted by Gasteiger charge is -2.33. The summed E-state index contributed by atoms with van der Waals surface area (Å²) in [5, 5.41) is 3.32. The van der Waals surface area contributed by atoms with Crippen molar-refractivity contribution in [1.29, 1.82) is 0 Å². The van der Waals surface area contributed by atoms with Crippen molar-refractivity contribution in [2.45, 2.75) is 32.3 Å². The molecule has 10 heavy (non-hydrogen) atoms. The maximum atomic E-state index is 5.63. The van der Waals surface area contributed by atoms with E-state index >= 15 is 0 Å². The van der Waals surface area contributed by atoms with Crippen LogP contribution in [0.1, 0.15) is 26.7 Å². The van der Waals surface area contributed by atoms with Gasteiger partial charge >= 0.3 is 0 Å². The van der Waals surface area contributed by atoms with Crippen LogP contribution in [0.2, 0.25) is 0 Å². The molecule has 1 aliphatic heterocycles. The largest absolute Gasteiger partial charge is 0.375 e. The van der Waals surface area contributed by atoms with Crippen molar-refractivity contribution in [3.05, 3.63) is 0 Å². The fraction of sp³-hybridized carbons (Fsp3) is 1.00. The van der Waals surface area contributed by atoms with Crippen molar-refractivity contribution in [3.8, 4) is 0 Å². The maximum absolute atomic E-state index is 5.63. The molecule has 0 unspecified atom stereocenters. The number of piperidine rings is 1. The van der Waals surface area contributed by atoms with Crippen LogP contribution in [0.4, 0.5) is 0 Å². The first kappa shape index (κ1) is 8.02. The highest BCUT2D eigenvalue weighted by Gasteiger charge is 2.26. The maximum Gasteiger partial charge on any atom is 0.0678 e. The van der Waals surface area contributed by atoms with Crippen LogP contribution in [0.3, 0.4) is 0 Å². The summed E-state index contributed by atoms with van der Waals surface area (Å²) in [5.74, 6) is 0. The molecule has 1 heterocycles. The Labute approximate surface area is 63.0 Å². The second-order valence-corrected chi connectivity index (χ2v) is 3.13. The average molecular weight is 143 g/mol. The molecule has 1 aliphatic rings. The van der Waals surface area contributed by atoms with Gasteiger partial charge in [0.05, 0.1) is 5.60 Å². The minimum Gasteiger partial charge on any atom is -0.375 e. The lowest BCUT2D eigenvalue weighted by molar-refractivity contribution is -0.0452. The van der Waals surface area contributed by atoms with Gasteiger partial charge in [0.1, 0.15) is 0 Å². The number of hydrogen-bond donors (Lipinski definition) is 1. The van der Waals surface area contributed by atoms with Crippen LogP contribution < -0.4 is 5.32 Å². The predicted octanol–water partition coefficient (Wildman–Crippen LogP) is 1.17. The zero-order valence-electron chi connectivity index (χ0n) is 6.94. The molecular weight excluding hydrogens is 126 g/mol. The molecule has 0 saturated carbocycles. The molecule has 0 radical (unpaired) electrons. The van der Waals surface area contributed by atoms with E-state index in [-0.39, 0.29) is 5.60 Å². The van der Waals surface area contributed by atoms with E-state index in [9.17, 15) is 0 Å². The fourth-order valence-electron chi connectivity index (χ4n) is 1.45. The Bertz CT molecular complexity index is 91.9. The topological polar surface area (TPSA) is 21.3 Å². The first-order valence-electron chi connectivity index (χ1n) is 4.11. The Kier molecular flexibility index (Phi) is 2.69. The van der Waals surface area contributed by atoms with Crippen molar-refractivity contribution in [2.75, 3.05) is 19.7 Å². The van der Waals surface area contributed by atoms with Crippen molar-refractivity contribution >= 4 is 0 Å². The first-order chi connectivity index (χ1) is 4.77. The van der Waals surface area contributed by atoms with Gasteiger partial charge in [0.2, 0.25) is 0 Å². The molecule has 1 rings (SSSR count). The summed E-state index contributed by atoms with van der Waals surface area (Å²) in [6.07, 6.45) is 2.31. The van der Waals surface area contributed by atoms with Gasteiger partial charge in [0.15, 0.2) is 0 Å². The Morgan fingerprint density at radius 2 is 2.00 bits per heavy atom. The molecule has 0 aromatic rings. The zero-order chi connectivity index (χ0) is 7.45. The molecule has 0 atom stereocenters. The van der Waals surface area contributed by atoms with Crippen molar-refractivity contribution < 1.29 is 4.74 Å². The van der Waals surface area contributed by atoms with Crippen LogP contribution in [0.15, 0.2) is 0 Å². The first-order valence-corrected chi connectivity index (χ1v) is 4.11. The minimum absolute atomic E-state index is 0.167. The number of ether oxygens (including phenoxy) is 1. The smallest absolute Gasteiger partial charge is 0.0678 e. The summed E-state index contributed by atoms with van der Waals surface area (Å²) < 4.78 is 5.63. The quantitative estimate of drug-likeness (QED) is 0.626. The molecule has 0 aromatic carbocycles. The molecule has 0 amide bonds. The highest BCUT2D eigenvalue weighted by Crippen LogP contribution is 2.21. The second kappa shape index (κ2) is 3.35. The van der Waals surface area contributed by atoms with Crippen LogP contribution in [0, 0.1) is 0 Å². The molecule has 0 aromatic heterocycles. The number of nitrogens with one attached hydrogen (secondary N) is 1. The molecule has 1 saturated heterocycles. The highest BCUT2D eigenvalue weighted by atomic mass is 16.5. The van der Waals surface area contributed by atoms with Gasteiger partial charge < -0.3 is 10.1 Å². The molecule has 1 N–H and O–H groups in total. The third-order valence-electron chi connectivity index (χ3n) is 2.15. The van der Waals surface area contributed by atoms with Crippen LogP contribution in [0.25, 0.3) is 0 Å². The minimum atomic E-state index is 0.167. The van der Waals surface area contributed by atoms with E-state index in [2.05, 4.69) is 19.2 Å². The van der Waals surface area contributed by atoms with E-state index < -0.39 is 0 Å². The van der Waals surface area contributed by atoms with E-state index in [4.69, 9.17) is 4.74 Å². The molecule has 60 valence electrons. The molecule has 0 bridgehead atoms. The summed E-state index contributed by atoms with van der Waals surface area (Å²) in [6.45, 7) is 7.33. The van der Waals surface area contributed by atoms with Crippen LogP contribution in [-0.2, 0) is 4.74 Å². The zero-order valence-corrected chi connectivity index (χ0v) is 6.94. The van der Waals surface area contributed by atoms with Crippen LogP contribution in [0.5, 0.6) is 0 Å². The third kappa shape index (κ3) is 1.96. The van der Waals surface area contributed by atoms with E-state index in [0.29, 0.717) is 0 Å². The fourth-order valence-corrected chi connectivity index (χ4v) is 1.45. The molecule has 0 spiro atoms. The van der Waals surface area contributed by atoms with Crippen molar-refractivity contribution in [1.82, 2.24) is 5.32 Å². The monoisotopic (exact) mass is 143 g/mol. The summed E-state index contributed by atoms with van der Waals surface area (Å²) >= 11 is 0. The van der Waals surface area contributed by atoms with E-state index in [1.807, 2.05) is 0 Å². The summed E-state index contributed by atoms with van der Waals surface area (Å²) in [6, 6.07) is 0. The van der Waals surface area contributed by atoms with Gasteiger partial charge in [-0.25, -0.2) is 0 Å². The van der Waals surface area contributed by atoms with Crippen LogP contribution in [-0.4, -0.2) is 25.3 Å². The Morgan fingerprint density at radius 3 is 2.50 bits per heavy atom. The SMILES string of the molecule is CCOC1(C)CCNCC1. The molecular formula is C8H17NO. The van der Waals surface area contributed by atoms with Gasteiger partial charge in [0, 0.05) is 6.61 Å². The van der Waals surface area contributed by atoms with Crippen molar-refractivity contribution in [2.24, 2.45) is 0 Å². The highest BCUT2D eigenvalue weighted by molar-refractivity contribution is 4.81. The van der Waals surface area contributed by atoms with E-state index in [0.717, 1.165) is 32.5 Å². The molecule has 2 nitrogen and oxygen atoms in total.